The van der Waals surface area contributed by atoms with Gasteiger partial charge in [0.15, 0.2) is 5.78 Å². The summed E-state index contributed by atoms with van der Waals surface area (Å²) in [5, 5.41) is 7.44. The number of Topliss-reactive ketones (excluding diaryl/α,β-unsaturated/α-hetero) is 1. The average Bonchev–Trinajstić information content (AvgIpc) is 2.66. The third-order valence-electron chi connectivity index (χ3n) is 2.04. The van der Waals surface area contributed by atoms with Crippen molar-refractivity contribution in [2.45, 2.75) is 27.7 Å². The largest absolute Gasteiger partial charge is 0.579 e. The number of nitrogens with zero attached hydrogens (tertiary/aromatic N) is 3. The summed E-state index contributed by atoms with van der Waals surface area (Å²) in [5.41, 5.74) is 7.24. The predicted molar refractivity (Wildman–Crippen MR) is 74.7 cm³/mol. The van der Waals surface area contributed by atoms with Crippen molar-refractivity contribution < 1.29 is 70.2 Å². The molecule has 1 aromatic heterocycles. The Morgan fingerprint density at radius 3 is 1.85 bits per heavy atom. The number of carbonyl (C=O) groups excluding carboxylic acids is 1. The fourth-order valence-corrected chi connectivity index (χ4v) is 0.853. The maximum absolute atomic E-state index is 10.6. The monoisotopic (exact) mass is 430 g/mol. The van der Waals surface area contributed by atoms with E-state index in [1.807, 2.05) is 46.0 Å². The standard InChI is InChI=1S/C7H13NO.C5H7N2.CH4N.2Y/c1-6(7(2)9)5-8(3)4;1-4-3-6-7-5(4)2;1-2;;/h5H,1-4H3;3H,1-2H3;1-2H2;;/q;2*-1;;/b6-5+;;;;. The number of aryl methyl sites for hydroxylation is 2. The van der Waals surface area contributed by atoms with Crippen LogP contribution in [0.4, 0.5) is 0 Å². The molecule has 1 aromatic rings. The summed E-state index contributed by atoms with van der Waals surface area (Å²) in [6.45, 7) is 7.31. The summed E-state index contributed by atoms with van der Waals surface area (Å²) in [7, 11) is 6.54. The Bertz CT molecular complexity index is 360. The van der Waals surface area contributed by atoms with Crippen LogP contribution in [0.1, 0.15) is 25.1 Å². The summed E-state index contributed by atoms with van der Waals surface area (Å²) >= 11 is 0. The van der Waals surface area contributed by atoms with Gasteiger partial charge in [-0.1, -0.05) is 12.5 Å². The minimum absolute atomic E-state index is 0. The second-order valence-electron chi connectivity index (χ2n) is 3.94. The third kappa shape index (κ3) is 16.6. The molecule has 0 fully saturated rings. The fraction of sp³-hybridized carbons (Fsp3) is 0.462. The minimum Gasteiger partial charge on any atom is -0.579 e. The maximum atomic E-state index is 10.6. The van der Waals surface area contributed by atoms with Gasteiger partial charge >= 0.3 is 0 Å². The van der Waals surface area contributed by atoms with E-state index in [2.05, 4.69) is 23.0 Å². The van der Waals surface area contributed by atoms with Gasteiger partial charge in [0.05, 0.1) is 0 Å². The van der Waals surface area contributed by atoms with Gasteiger partial charge in [-0.2, -0.15) is 0 Å². The molecule has 0 aliphatic rings. The molecule has 0 atom stereocenters. The third-order valence-corrected chi connectivity index (χ3v) is 2.04. The van der Waals surface area contributed by atoms with Crippen molar-refractivity contribution in [2.75, 3.05) is 14.1 Å². The van der Waals surface area contributed by atoms with Crippen LogP contribution < -0.4 is 10.8 Å². The van der Waals surface area contributed by atoms with Crippen LogP contribution in [0.5, 0.6) is 0 Å². The molecule has 2 radical (unpaired) electrons. The number of aromatic nitrogens is 2. The molecule has 0 aromatic carbocycles. The van der Waals surface area contributed by atoms with Crippen LogP contribution in [-0.2, 0) is 70.2 Å². The summed E-state index contributed by atoms with van der Waals surface area (Å²) in [6.07, 6.45) is 3.57. The van der Waals surface area contributed by atoms with Gasteiger partial charge in [-0.15, -0.1) is 5.69 Å². The van der Waals surface area contributed by atoms with E-state index in [4.69, 9.17) is 0 Å². The number of hydrogen-bond donors (Lipinski definition) is 1. The zero-order chi connectivity index (χ0) is 14.7. The number of rotatable bonds is 2. The van der Waals surface area contributed by atoms with Crippen LogP contribution in [0.2, 0.25) is 0 Å². The molecule has 2 N–H and O–H groups in total. The van der Waals surface area contributed by atoms with Crippen molar-refractivity contribution in [1.29, 1.82) is 0 Å². The molecule has 7 heteroatoms. The molecule has 5 nitrogen and oxygen atoms in total. The fourth-order valence-electron chi connectivity index (χ4n) is 0.853. The summed E-state index contributed by atoms with van der Waals surface area (Å²) in [4.78, 5) is 12.4. The van der Waals surface area contributed by atoms with E-state index in [0.29, 0.717) is 0 Å². The Balaban J connectivity index is -0.000000106. The smallest absolute Gasteiger partial charge is 0.156 e. The quantitative estimate of drug-likeness (QED) is 0.568. The molecule has 0 aliphatic heterocycles. The molecule has 20 heavy (non-hydrogen) atoms. The van der Waals surface area contributed by atoms with Crippen LogP contribution in [0, 0.1) is 20.9 Å². The van der Waals surface area contributed by atoms with Crippen molar-refractivity contribution in [3.63, 3.8) is 0 Å². The molecule has 110 valence electrons. The van der Waals surface area contributed by atoms with E-state index in [9.17, 15) is 4.79 Å². The van der Waals surface area contributed by atoms with Crippen LogP contribution >= 0.6 is 0 Å². The van der Waals surface area contributed by atoms with Gasteiger partial charge in [-0.25, -0.2) is 0 Å². The number of hydrogen-bond acceptors (Lipinski definition) is 4. The molecule has 0 aliphatic carbocycles. The van der Waals surface area contributed by atoms with Crippen LogP contribution in [0.3, 0.4) is 0 Å². The van der Waals surface area contributed by atoms with Crippen molar-refractivity contribution in [1.82, 2.24) is 15.1 Å². The van der Waals surface area contributed by atoms with Gasteiger partial charge in [0.1, 0.15) is 0 Å². The normalized spacial score (nSPS) is 8.70. The van der Waals surface area contributed by atoms with Crippen molar-refractivity contribution >= 4 is 5.78 Å². The predicted octanol–water partition coefficient (Wildman–Crippen LogP) is 1.43. The maximum Gasteiger partial charge on any atom is 0.156 e. The summed E-state index contributed by atoms with van der Waals surface area (Å²) in [6, 6.07) is 0. The Kier molecular flexibility index (Phi) is 25.3. The van der Waals surface area contributed by atoms with Gasteiger partial charge in [0.2, 0.25) is 0 Å². The Labute approximate surface area is 173 Å². The Hall–Kier alpha value is 0.588. The molecule has 1 rings (SSSR count). The molecule has 0 bridgehead atoms. The van der Waals surface area contributed by atoms with Crippen LogP contribution in [0.15, 0.2) is 18.0 Å². The zero-order valence-electron chi connectivity index (χ0n) is 13.3. The van der Waals surface area contributed by atoms with Crippen molar-refractivity contribution in [2.24, 2.45) is 5.73 Å². The SMILES string of the molecule is CC(=O)/C(C)=C/N(C)C.Cc1cn[n-]c1C.[CH2-]N.[Y].[Y]. The van der Waals surface area contributed by atoms with Gasteiger partial charge < -0.3 is 20.8 Å². The average molecular weight is 430 g/mol. The minimum atomic E-state index is 0. The number of carbonyl (C=O) groups is 1. The molecule has 0 spiro atoms. The van der Waals surface area contributed by atoms with E-state index in [0.717, 1.165) is 11.3 Å². The first-order valence-electron chi connectivity index (χ1n) is 5.52. The molecular weight excluding hydrogens is 406 g/mol. The second-order valence-corrected chi connectivity index (χ2v) is 3.94. The zero-order valence-corrected chi connectivity index (χ0v) is 19.0. The summed E-state index contributed by atoms with van der Waals surface area (Å²) in [5.74, 6) is 0.128. The van der Waals surface area contributed by atoms with Gasteiger partial charge in [-0.3, -0.25) is 11.8 Å². The molecule has 1 heterocycles. The number of allylic oxidation sites excluding steroid dienone is 1. The number of nitrogens with two attached hydrogens (primary N) is 1. The first kappa shape index (κ1) is 28.7. The first-order valence-corrected chi connectivity index (χ1v) is 5.52. The molecule has 0 saturated carbocycles. The van der Waals surface area contributed by atoms with E-state index >= 15 is 0 Å². The van der Waals surface area contributed by atoms with Gasteiger partial charge in [0.25, 0.3) is 0 Å². The summed E-state index contributed by atoms with van der Waals surface area (Å²) < 4.78 is 0. The van der Waals surface area contributed by atoms with Crippen molar-refractivity contribution in [3.05, 3.63) is 36.3 Å². The van der Waals surface area contributed by atoms with E-state index in [1.165, 1.54) is 5.56 Å². The number of ketones is 1. The molecule has 0 amide bonds. The van der Waals surface area contributed by atoms with E-state index in [-0.39, 0.29) is 71.2 Å². The molecule has 0 unspecified atom stereocenters. The second kappa shape index (κ2) is 17.6. The van der Waals surface area contributed by atoms with E-state index < -0.39 is 0 Å². The Morgan fingerprint density at radius 2 is 1.75 bits per heavy atom. The Morgan fingerprint density at radius 1 is 1.30 bits per heavy atom. The van der Waals surface area contributed by atoms with Gasteiger partial charge in [-0.05, 0) is 20.8 Å². The van der Waals surface area contributed by atoms with Gasteiger partial charge in [0, 0.05) is 97.5 Å². The molecule has 0 saturated heterocycles. The first-order chi connectivity index (χ1) is 8.34. The van der Waals surface area contributed by atoms with Crippen LogP contribution in [0.25, 0.3) is 0 Å². The topological polar surface area (TPSA) is 73.3 Å². The van der Waals surface area contributed by atoms with Crippen molar-refractivity contribution in [3.8, 4) is 0 Å². The van der Waals surface area contributed by atoms with E-state index in [1.54, 1.807) is 13.1 Å². The molecular formula is C13H24N4OY2-2. The van der Waals surface area contributed by atoms with Crippen LogP contribution in [-0.4, -0.2) is 29.9 Å².